The van der Waals surface area contributed by atoms with E-state index in [0.29, 0.717) is 18.3 Å². The lowest BCUT2D eigenvalue weighted by molar-refractivity contribution is 0.0527. The number of rotatable bonds is 8. The molecule has 0 saturated carbocycles. The van der Waals surface area contributed by atoms with Crippen molar-refractivity contribution in [1.29, 1.82) is 0 Å². The van der Waals surface area contributed by atoms with Crippen LogP contribution in [0.5, 0.6) is 0 Å². The first-order valence-corrected chi connectivity index (χ1v) is 10.5. The molecular formula is C24H29N5O3. The number of carbonyl (C=O) groups is 1. The molecule has 8 heteroatoms. The van der Waals surface area contributed by atoms with E-state index in [0.717, 1.165) is 35.2 Å². The van der Waals surface area contributed by atoms with Crippen LogP contribution < -0.4 is 10.6 Å². The minimum atomic E-state index is -0.502. The number of nitrogens with zero attached hydrogens (tertiary/aromatic N) is 3. The Labute approximate surface area is 188 Å². The monoisotopic (exact) mass is 435 g/mol. The van der Waals surface area contributed by atoms with Crippen LogP contribution in [0.25, 0.3) is 11.4 Å². The molecule has 2 aromatic carbocycles. The van der Waals surface area contributed by atoms with Gasteiger partial charge in [-0.2, -0.15) is 4.98 Å². The molecule has 0 aliphatic carbocycles. The number of anilines is 2. The van der Waals surface area contributed by atoms with E-state index in [9.17, 15) is 9.90 Å². The van der Waals surface area contributed by atoms with Gasteiger partial charge in [0.1, 0.15) is 11.9 Å². The maximum Gasteiger partial charge on any atom is 0.407 e. The molecule has 3 rings (SSSR count). The third-order valence-electron chi connectivity index (χ3n) is 4.43. The molecule has 3 N–H and O–H groups in total. The number of hydrogen-bond acceptors (Lipinski definition) is 7. The quantitative estimate of drug-likeness (QED) is 0.454. The zero-order chi connectivity index (χ0) is 23.0. The van der Waals surface area contributed by atoms with E-state index in [1.54, 1.807) is 0 Å². The zero-order valence-corrected chi connectivity index (χ0v) is 18.6. The minimum Gasteiger partial charge on any atom is -0.444 e. The van der Waals surface area contributed by atoms with E-state index in [-0.39, 0.29) is 6.61 Å². The highest BCUT2D eigenvalue weighted by Crippen LogP contribution is 2.20. The normalized spacial score (nSPS) is 11.1. The number of aryl methyl sites for hydroxylation is 1. The topological polar surface area (TPSA) is 109 Å². The summed E-state index contributed by atoms with van der Waals surface area (Å²) in [5.41, 5.74) is 3.10. The second-order valence-electron chi connectivity index (χ2n) is 8.35. The molecular weight excluding hydrogens is 406 g/mol. The molecule has 0 spiro atoms. The Hall–Kier alpha value is -3.52. The summed E-state index contributed by atoms with van der Waals surface area (Å²) in [5.74, 6) is 0.992. The number of aliphatic hydroxyl groups excluding tert-OH is 1. The van der Waals surface area contributed by atoms with E-state index in [2.05, 4.69) is 25.6 Å². The zero-order valence-electron chi connectivity index (χ0n) is 18.6. The van der Waals surface area contributed by atoms with Crippen molar-refractivity contribution in [1.82, 2.24) is 20.3 Å². The largest absolute Gasteiger partial charge is 0.444 e. The number of hydrogen-bond donors (Lipinski definition) is 3. The molecule has 0 fully saturated rings. The van der Waals surface area contributed by atoms with E-state index in [4.69, 9.17) is 4.74 Å². The lowest BCUT2D eigenvalue weighted by Gasteiger charge is -2.19. The summed E-state index contributed by atoms with van der Waals surface area (Å²) in [6.45, 7) is 6.02. The van der Waals surface area contributed by atoms with E-state index < -0.39 is 11.7 Å². The SMILES string of the molecule is CC(C)(C)OC(=O)NCCCc1cccc(-c2ncnc(Nc3cccc(CO)c3)n2)c1. The summed E-state index contributed by atoms with van der Waals surface area (Å²) < 4.78 is 5.24. The second-order valence-corrected chi connectivity index (χ2v) is 8.35. The van der Waals surface area contributed by atoms with Crippen molar-refractivity contribution in [2.75, 3.05) is 11.9 Å². The van der Waals surface area contributed by atoms with Crippen molar-refractivity contribution in [3.05, 3.63) is 66.0 Å². The molecule has 8 nitrogen and oxygen atoms in total. The fourth-order valence-electron chi connectivity index (χ4n) is 3.04. The van der Waals surface area contributed by atoms with Crippen LogP contribution in [0.1, 0.15) is 38.3 Å². The average molecular weight is 436 g/mol. The molecule has 0 unspecified atom stereocenters. The van der Waals surface area contributed by atoms with Gasteiger partial charge in [-0.15, -0.1) is 0 Å². The van der Waals surface area contributed by atoms with Gasteiger partial charge in [0.05, 0.1) is 6.61 Å². The average Bonchev–Trinajstić information content (AvgIpc) is 2.76. The van der Waals surface area contributed by atoms with Gasteiger partial charge < -0.3 is 20.5 Å². The van der Waals surface area contributed by atoms with E-state index >= 15 is 0 Å². The van der Waals surface area contributed by atoms with Crippen molar-refractivity contribution in [3.8, 4) is 11.4 Å². The Morgan fingerprint density at radius 2 is 1.84 bits per heavy atom. The van der Waals surface area contributed by atoms with Crippen molar-refractivity contribution >= 4 is 17.7 Å². The molecule has 1 aromatic heterocycles. The maximum atomic E-state index is 11.7. The van der Waals surface area contributed by atoms with Gasteiger partial charge in [0.15, 0.2) is 5.82 Å². The third kappa shape index (κ3) is 7.31. The second kappa shape index (κ2) is 10.7. The number of carbonyl (C=O) groups excluding carboxylic acids is 1. The van der Waals surface area contributed by atoms with Gasteiger partial charge in [0.25, 0.3) is 0 Å². The molecule has 3 aromatic rings. The summed E-state index contributed by atoms with van der Waals surface area (Å²) in [6, 6.07) is 15.4. The van der Waals surface area contributed by atoms with Crippen LogP contribution in [0, 0.1) is 0 Å². The molecule has 0 aliphatic heterocycles. The van der Waals surface area contributed by atoms with Crippen LogP contribution in [-0.4, -0.2) is 38.3 Å². The van der Waals surface area contributed by atoms with Gasteiger partial charge in [0, 0.05) is 17.8 Å². The fourth-order valence-corrected chi connectivity index (χ4v) is 3.04. The van der Waals surface area contributed by atoms with Crippen LogP contribution in [0.3, 0.4) is 0 Å². The Kier molecular flexibility index (Phi) is 7.72. The predicted octanol–water partition coefficient (Wildman–Crippen LogP) is 4.23. The van der Waals surface area contributed by atoms with Crippen molar-refractivity contribution < 1.29 is 14.6 Å². The fraction of sp³-hybridized carbons (Fsp3) is 0.333. The first kappa shape index (κ1) is 23.1. The van der Waals surface area contributed by atoms with Crippen LogP contribution in [0.4, 0.5) is 16.4 Å². The molecule has 0 radical (unpaired) electrons. The van der Waals surface area contributed by atoms with Crippen molar-refractivity contribution in [3.63, 3.8) is 0 Å². The van der Waals surface area contributed by atoms with Crippen molar-refractivity contribution in [2.45, 2.75) is 45.8 Å². The lowest BCUT2D eigenvalue weighted by atomic mass is 10.1. The third-order valence-corrected chi connectivity index (χ3v) is 4.43. The van der Waals surface area contributed by atoms with Crippen molar-refractivity contribution in [2.24, 2.45) is 0 Å². The molecule has 32 heavy (non-hydrogen) atoms. The number of nitrogens with one attached hydrogen (secondary N) is 2. The number of amides is 1. The first-order valence-electron chi connectivity index (χ1n) is 10.5. The number of aromatic nitrogens is 3. The summed E-state index contributed by atoms with van der Waals surface area (Å²) in [5, 5.41) is 15.2. The van der Waals surface area contributed by atoms with E-state index in [1.807, 2.05) is 69.3 Å². The minimum absolute atomic E-state index is 0.0297. The molecule has 0 saturated heterocycles. The Bertz CT molecular complexity index is 1050. The summed E-state index contributed by atoms with van der Waals surface area (Å²) >= 11 is 0. The summed E-state index contributed by atoms with van der Waals surface area (Å²) in [6.07, 6.45) is 2.65. The van der Waals surface area contributed by atoms with Crippen LogP contribution in [0.2, 0.25) is 0 Å². The summed E-state index contributed by atoms with van der Waals surface area (Å²) in [4.78, 5) is 24.7. The van der Waals surface area contributed by atoms with Gasteiger partial charge >= 0.3 is 6.09 Å². The number of benzene rings is 2. The van der Waals surface area contributed by atoms with Gasteiger partial charge in [-0.3, -0.25) is 0 Å². The van der Waals surface area contributed by atoms with Crippen LogP contribution >= 0.6 is 0 Å². The van der Waals surface area contributed by atoms with Crippen LogP contribution in [-0.2, 0) is 17.8 Å². The van der Waals surface area contributed by atoms with E-state index in [1.165, 1.54) is 6.33 Å². The first-order chi connectivity index (χ1) is 15.3. The number of ether oxygens (including phenoxy) is 1. The standard InChI is InChI=1S/C24H29N5O3/c1-24(2,3)32-23(31)25-12-6-9-17-7-4-10-19(13-17)21-26-16-27-22(29-21)28-20-11-5-8-18(14-20)15-30/h4-5,7-8,10-11,13-14,16,30H,6,9,12,15H2,1-3H3,(H,25,31)(H,26,27,28,29). The Morgan fingerprint density at radius 1 is 1.06 bits per heavy atom. The number of alkyl carbamates (subject to hydrolysis) is 1. The van der Waals surface area contributed by atoms with Gasteiger partial charge in [-0.1, -0.05) is 30.3 Å². The summed E-state index contributed by atoms with van der Waals surface area (Å²) in [7, 11) is 0. The molecule has 1 amide bonds. The van der Waals surface area contributed by atoms with Gasteiger partial charge in [-0.05, 0) is 62.9 Å². The highest BCUT2D eigenvalue weighted by atomic mass is 16.6. The number of aliphatic hydroxyl groups is 1. The van der Waals surface area contributed by atoms with Gasteiger partial charge in [0.2, 0.25) is 5.95 Å². The Morgan fingerprint density at radius 3 is 2.62 bits per heavy atom. The van der Waals surface area contributed by atoms with Crippen LogP contribution in [0.15, 0.2) is 54.9 Å². The molecule has 0 bridgehead atoms. The highest BCUT2D eigenvalue weighted by molar-refractivity contribution is 5.67. The van der Waals surface area contributed by atoms with Gasteiger partial charge in [-0.25, -0.2) is 14.8 Å². The molecule has 0 atom stereocenters. The molecule has 0 aliphatic rings. The maximum absolute atomic E-state index is 11.7. The molecule has 168 valence electrons. The predicted molar refractivity (Wildman–Crippen MR) is 123 cm³/mol. The molecule has 1 heterocycles. The Balaban J connectivity index is 1.60. The lowest BCUT2D eigenvalue weighted by Crippen LogP contribution is -2.33. The smallest absolute Gasteiger partial charge is 0.407 e. The highest BCUT2D eigenvalue weighted by Gasteiger charge is 2.15.